The Kier molecular flexibility index (Phi) is 7.62. The lowest BCUT2D eigenvalue weighted by atomic mass is 9.68. The summed E-state index contributed by atoms with van der Waals surface area (Å²) in [5.74, 6) is 0.232. The standard InChI is InChI=1S/C32H39ClN2O5S/c1-20-5-3-7-29(36)26-11-8-24(26)17-35-18-32(14-4-6-22-15-25(33)10-12-27(22)32)19-40-30-13-9-23(16-28(30)35)31(37)34-41(38,39)21(20)2/h3,7,9-10,12-13,15-16,20-21,24,26,29,36H,4-6,8,11,14,17-19H2,1-2H3,(H,34,37)/b7-3+/t20-,21+,24-,26+,29-,32-/m0/s1. The molecule has 4 aliphatic rings. The van der Waals surface area contributed by atoms with Crippen molar-refractivity contribution < 1.29 is 23.1 Å². The Morgan fingerprint density at radius 2 is 1.98 bits per heavy atom. The Balaban J connectivity index is 1.42. The first kappa shape index (κ1) is 28.6. The van der Waals surface area contributed by atoms with Gasteiger partial charge in [-0.3, -0.25) is 4.79 Å². The molecule has 1 amide bonds. The lowest BCUT2D eigenvalue weighted by Gasteiger charge is -2.45. The average molecular weight is 599 g/mol. The molecule has 0 saturated heterocycles. The Labute approximate surface area is 248 Å². The number of carbonyl (C=O) groups is 1. The Morgan fingerprint density at radius 3 is 2.76 bits per heavy atom. The van der Waals surface area contributed by atoms with Crippen LogP contribution in [0.5, 0.6) is 5.75 Å². The van der Waals surface area contributed by atoms with Gasteiger partial charge in [-0.15, -0.1) is 0 Å². The van der Waals surface area contributed by atoms with E-state index in [0.29, 0.717) is 31.9 Å². The highest BCUT2D eigenvalue weighted by Gasteiger charge is 2.44. The van der Waals surface area contributed by atoms with Gasteiger partial charge in [0.25, 0.3) is 5.91 Å². The second-order valence-corrected chi connectivity index (χ2v) is 15.1. The predicted octanol–water partition coefficient (Wildman–Crippen LogP) is 5.24. The average Bonchev–Trinajstić information content (AvgIpc) is 3.06. The fourth-order valence-electron chi connectivity index (χ4n) is 7.16. The van der Waals surface area contributed by atoms with E-state index in [1.165, 1.54) is 11.1 Å². The van der Waals surface area contributed by atoms with Gasteiger partial charge in [0.1, 0.15) is 5.75 Å². The number of fused-ring (bicyclic) bond motifs is 4. The number of rotatable bonds is 0. The fourth-order valence-corrected chi connectivity index (χ4v) is 8.64. The van der Waals surface area contributed by atoms with Crippen molar-refractivity contribution in [3.05, 3.63) is 70.3 Å². The van der Waals surface area contributed by atoms with Gasteiger partial charge in [-0.25, -0.2) is 13.1 Å². The van der Waals surface area contributed by atoms with Crippen LogP contribution in [0.15, 0.2) is 48.6 Å². The van der Waals surface area contributed by atoms with Crippen molar-refractivity contribution in [2.75, 3.05) is 24.6 Å². The van der Waals surface area contributed by atoms with Crippen LogP contribution in [0.2, 0.25) is 5.02 Å². The monoisotopic (exact) mass is 598 g/mol. The summed E-state index contributed by atoms with van der Waals surface area (Å²) in [7, 11) is -3.91. The highest BCUT2D eigenvalue weighted by Crippen LogP contribution is 2.46. The molecule has 6 rings (SSSR count). The van der Waals surface area contributed by atoms with Crippen molar-refractivity contribution in [3.63, 3.8) is 0 Å². The number of hydrogen-bond donors (Lipinski definition) is 2. The maximum Gasteiger partial charge on any atom is 0.264 e. The van der Waals surface area contributed by atoms with E-state index in [-0.39, 0.29) is 28.7 Å². The molecule has 2 heterocycles. The molecule has 1 fully saturated rings. The van der Waals surface area contributed by atoms with Crippen LogP contribution in [0.4, 0.5) is 5.69 Å². The zero-order valence-corrected chi connectivity index (χ0v) is 25.3. The number of sulfonamides is 1. The van der Waals surface area contributed by atoms with E-state index in [1.807, 2.05) is 25.1 Å². The summed E-state index contributed by atoms with van der Waals surface area (Å²) in [4.78, 5) is 15.6. The number of amides is 1. The van der Waals surface area contributed by atoms with Gasteiger partial charge in [0.2, 0.25) is 10.0 Å². The molecule has 2 N–H and O–H groups in total. The first-order valence-corrected chi connectivity index (χ1v) is 16.7. The van der Waals surface area contributed by atoms with Crippen LogP contribution in [0, 0.1) is 17.8 Å². The molecule has 1 saturated carbocycles. The molecule has 2 aromatic rings. The number of aliphatic hydroxyl groups is 1. The third-order valence-electron chi connectivity index (χ3n) is 10.0. The molecule has 2 bridgehead atoms. The van der Waals surface area contributed by atoms with Crippen LogP contribution in [0.25, 0.3) is 0 Å². The van der Waals surface area contributed by atoms with Crippen molar-refractivity contribution in [3.8, 4) is 5.75 Å². The molecule has 41 heavy (non-hydrogen) atoms. The van der Waals surface area contributed by atoms with Crippen LogP contribution < -0.4 is 14.4 Å². The van der Waals surface area contributed by atoms with Gasteiger partial charge in [-0.2, -0.15) is 0 Å². The summed E-state index contributed by atoms with van der Waals surface area (Å²) in [6, 6.07) is 11.4. The van der Waals surface area contributed by atoms with Crippen LogP contribution in [-0.4, -0.2) is 50.5 Å². The molecule has 0 radical (unpaired) electrons. The van der Waals surface area contributed by atoms with Gasteiger partial charge >= 0.3 is 0 Å². The zero-order valence-electron chi connectivity index (χ0n) is 23.7. The molecule has 220 valence electrons. The van der Waals surface area contributed by atoms with Crippen molar-refractivity contribution in [2.45, 2.75) is 69.1 Å². The third kappa shape index (κ3) is 5.39. The highest BCUT2D eigenvalue weighted by atomic mass is 35.5. The van der Waals surface area contributed by atoms with Gasteiger partial charge in [0.05, 0.1) is 23.6 Å². The zero-order chi connectivity index (χ0) is 28.9. The first-order valence-electron chi connectivity index (χ1n) is 14.8. The number of aliphatic hydroxyl groups excluding tert-OH is 1. The molecule has 6 atom stereocenters. The van der Waals surface area contributed by atoms with Crippen LogP contribution in [0.3, 0.4) is 0 Å². The SMILES string of the molecule is C[C@@H]1[C@@H](C)C/C=C/[C@H](O)[C@@H]2CC[C@H]2CN2C[C@@]3(CCCc4cc(Cl)ccc43)COc3ccc(cc32)C(=O)NS1(=O)=O. The van der Waals surface area contributed by atoms with Crippen LogP contribution in [0.1, 0.15) is 67.4 Å². The number of nitrogens with zero attached hydrogens (tertiary/aromatic N) is 1. The minimum absolute atomic E-state index is 0.128. The van der Waals surface area contributed by atoms with Gasteiger partial charge in [-0.1, -0.05) is 36.7 Å². The molecule has 1 spiro atoms. The maximum absolute atomic E-state index is 13.3. The summed E-state index contributed by atoms with van der Waals surface area (Å²) in [5.41, 5.74) is 3.33. The number of carbonyl (C=O) groups excluding carboxylic acids is 1. The van der Waals surface area contributed by atoms with E-state index in [0.717, 1.165) is 42.8 Å². The second-order valence-electron chi connectivity index (χ2n) is 12.6. The molecular weight excluding hydrogens is 560 g/mol. The smallest absolute Gasteiger partial charge is 0.264 e. The highest BCUT2D eigenvalue weighted by molar-refractivity contribution is 7.90. The molecule has 2 aliphatic heterocycles. The van der Waals surface area contributed by atoms with Crippen molar-refractivity contribution in [1.82, 2.24) is 4.72 Å². The largest absolute Gasteiger partial charge is 0.490 e. The number of halogens is 1. The van der Waals surface area contributed by atoms with Crippen LogP contribution in [-0.2, 0) is 21.9 Å². The number of hydrogen-bond acceptors (Lipinski definition) is 6. The minimum Gasteiger partial charge on any atom is -0.490 e. The normalized spacial score (nSPS) is 33.8. The van der Waals surface area contributed by atoms with E-state index in [2.05, 4.69) is 21.8 Å². The van der Waals surface area contributed by atoms with Crippen molar-refractivity contribution in [1.29, 1.82) is 0 Å². The van der Waals surface area contributed by atoms with Gasteiger partial charge in [0.15, 0.2) is 0 Å². The van der Waals surface area contributed by atoms with Gasteiger partial charge in [-0.05, 0) is 105 Å². The van der Waals surface area contributed by atoms with E-state index < -0.39 is 27.3 Å². The predicted molar refractivity (Wildman–Crippen MR) is 161 cm³/mol. The van der Waals surface area contributed by atoms with Crippen molar-refractivity contribution in [2.24, 2.45) is 17.8 Å². The molecule has 7 nitrogen and oxygen atoms in total. The number of ether oxygens (including phenoxy) is 1. The quantitative estimate of drug-likeness (QED) is 0.403. The number of benzene rings is 2. The van der Waals surface area contributed by atoms with E-state index in [9.17, 15) is 18.3 Å². The first-order chi connectivity index (χ1) is 19.6. The number of aryl methyl sites for hydroxylation is 1. The van der Waals surface area contributed by atoms with E-state index >= 15 is 0 Å². The Bertz CT molecular complexity index is 1480. The number of allylic oxidation sites excluding steroid dienone is 1. The summed E-state index contributed by atoms with van der Waals surface area (Å²) < 4.78 is 35.1. The van der Waals surface area contributed by atoms with Gasteiger partial charge < -0.3 is 14.7 Å². The fraction of sp³-hybridized carbons (Fsp3) is 0.531. The molecule has 2 aromatic carbocycles. The minimum atomic E-state index is -3.91. The van der Waals surface area contributed by atoms with E-state index in [4.69, 9.17) is 16.3 Å². The Morgan fingerprint density at radius 1 is 1.15 bits per heavy atom. The van der Waals surface area contributed by atoms with Crippen LogP contribution >= 0.6 is 11.6 Å². The second kappa shape index (κ2) is 10.9. The maximum atomic E-state index is 13.3. The summed E-state index contributed by atoms with van der Waals surface area (Å²) in [5, 5.41) is 11.1. The lowest BCUT2D eigenvalue weighted by molar-refractivity contribution is 0.0456. The van der Waals surface area contributed by atoms with Crippen molar-refractivity contribution >= 4 is 33.2 Å². The number of anilines is 1. The van der Waals surface area contributed by atoms with E-state index in [1.54, 1.807) is 25.1 Å². The Hall–Kier alpha value is -2.55. The summed E-state index contributed by atoms with van der Waals surface area (Å²) in [6.45, 7) is 5.39. The third-order valence-corrected chi connectivity index (χ3v) is 12.2. The number of nitrogens with one attached hydrogen (secondary N) is 1. The summed E-state index contributed by atoms with van der Waals surface area (Å²) in [6.07, 6.45) is 8.58. The molecular formula is C32H39ClN2O5S. The molecule has 0 aromatic heterocycles. The lowest BCUT2D eigenvalue weighted by Crippen LogP contribution is -2.49. The van der Waals surface area contributed by atoms with Gasteiger partial charge in [0, 0.05) is 29.1 Å². The molecule has 9 heteroatoms. The molecule has 0 unspecified atom stereocenters. The molecule has 2 aliphatic carbocycles. The topological polar surface area (TPSA) is 95.9 Å². The summed E-state index contributed by atoms with van der Waals surface area (Å²) >= 11 is 6.38.